The largest absolute Gasteiger partial charge is 0.345 e. The quantitative estimate of drug-likeness (QED) is 0.488. The van der Waals surface area contributed by atoms with Crippen LogP contribution in [0.4, 0.5) is 0 Å². The van der Waals surface area contributed by atoms with Gasteiger partial charge in [-0.1, -0.05) is 81.6 Å². The number of aromatic amines is 1. The van der Waals surface area contributed by atoms with Crippen molar-refractivity contribution >= 4 is 0 Å². The molecular formula is C22H42N2. The summed E-state index contributed by atoms with van der Waals surface area (Å²) in [5.74, 6) is 1.19. The van der Waals surface area contributed by atoms with Crippen LogP contribution in [0.1, 0.15) is 124 Å². The van der Waals surface area contributed by atoms with E-state index in [9.17, 15) is 0 Å². The fourth-order valence-corrected chi connectivity index (χ4v) is 3.70. The molecule has 1 N–H and O–H groups in total. The maximum absolute atomic E-state index is 5.23. The molecule has 2 nitrogen and oxygen atoms in total. The first-order valence-corrected chi connectivity index (χ1v) is 10.2. The second-order valence-electron chi connectivity index (χ2n) is 9.20. The first kappa shape index (κ1) is 21.3. The van der Waals surface area contributed by atoms with E-state index in [2.05, 4.69) is 67.3 Å². The lowest BCUT2D eigenvalue weighted by Gasteiger charge is -2.31. The predicted octanol–water partition coefficient (Wildman–Crippen LogP) is 7.03. The Hall–Kier alpha value is -0.790. The minimum absolute atomic E-state index is 0.119. The van der Waals surface area contributed by atoms with E-state index in [0.29, 0.717) is 0 Å². The molecule has 1 heterocycles. The Morgan fingerprint density at radius 1 is 0.792 bits per heavy atom. The zero-order valence-corrected chi connectivity index (χ0v) is 17.9. The number of nitrogens with one attached hydrogen (secondary N) is 1. The zero-order chi connectivity index (χ0) is 18.6. The van der Waals surface area contributed by atoms with Crippen molar-refractivity contribution in [2.75, 3.05) is 0 Å². The SMILES string of the molecule is CCCCC(C)(C)c1nc(C(C)(C)CCC)c(C(C)(CC)CC)[nH]1. The Morgan fingerprint density at radius 3 is 1.83 bits per heavy atom. The second-order valence-corrected chi connectivity index (χ2v) is 9.20. The molecule has 0 radical (unpaired) electrons. The van der Waals surface area contributed by atoms with E-state index in [4.69, 9.17) is 4.98 Å². The molecule has 0 aromatic carbocycles. The third-order valence-corrected chi connectivity index (χ3v) is 6.18. The van der Waals surface area contributed by atoms with Crippen LogP contribution in [0.25, 0.3) is 0 Å². The van der Waals surface area contributed by atoms with Crippen molar-refractivity contribution in [2.24, 2.45) is 0 Å². The molecule has 1 aromatic heterocycles. The summed E-state index contributed by atoms with van der Waals surface area (Å²) in [4.78, 5) is 9.06. The van der Waals surface area contributed by atoms with E-state index in [1.165, 1.54) is 49.3 Å². The molecule has 1 aromatic rings. The Labute approximate surface area is 151 Å². The van der Waals surface area contributed by atoms with Gasteiger partial charge in [-0.2, -0.15) is 0 Å². The van der Waals surface area contributed by atoms with E-state index < -0.39 is 0 Å². The van der Waals surface area contributed by atoms with Crippen molar-refractivity contribution in [1.29, 1.82) is 0 Å². The number of hydrogen-bond donors (Lipinski definition) is 1. The number of H-pyrrole nitrogens is 1. The van der Waals surface area contributed by atoms with Gasteiger partial charge in [-0.15, -0.1) is 0 Å². The van der Waals surface area contributed by atoms with Crippen molar-refractivity contribution in [3.63, 3.8) is 0 Å². The van der Waals surface area contributed by atoms with Crippen molar-refractivity contribution < 1.29 is 0 Å². The highest BCUT2D eigenvalue weighted by Gasteiger charge is 2.37. The van der Waals surface area contributed by atoms with E-state index >= 15 is 0 Å². The van der Waals surface area contributed by atoms with Gasteiger partial charge in [0.15, 0.2) is 0 Å². The van der Waals surface area contributed by atoms with Crippen LogP contribution >= 0.6 is 0 Å². The Balaban J connectivity index is 3.45. The molecule has 0 bridgehead atoms. The first-order chi connectivity index (χ1) is 11.1. The molecule has 0 aliphatic heterocycles. The second kappa shape index (κ2) is 8.06. The molecule has 24 heavy (non-hydrogen) atoms. The highest BCUT2D eigenvalue weighted by atomic mass is 15.0. The van der Waals surface area contributed by atoms with E-state index in [-0.39, 0.29) is 16.2 Å². The minimum Gasteiger partial charge on any atom is -0.345 e. The van der Waals surface area contributed by atoms with Gasteiger partial charge < -0.3 is 4.98 Å². The molecule has 0 saturated heterocycles. The Kier molecular flexibility index (Phi) is 7.14. The lowest BCUT2D eigenvalue weighted by Crippen LogP contribution is -2.27. The number of imidazole rings is 1. The number of nitrogens with zero attached hydrogens (tertiary/aromatic N) is 1. The molecule has 0 unspecified atom stereocenters. The third kappa shape index (κ3) is 4.43. The average Bonchev–Trinajstić information content (AvgIpc) is 3.00. The highest BCUT2D eigenvalue weighted by molar-refractivity contribution is 5.31. The predicted molar refractivity (Wildman–Crippen MR) is 107 cm³/mol. The van der Waals surface area contributed by atoms with Gasteiger partial charge in [0.05, 0.1) is 5.69 Å². The molecule has 0 aliphatic rings. The number of aromatic nitrogens is 2. The summed E-state index contributed by atoms with van der Waals surface area (Å²) in [6.45, 7) is 21.0. The molecule has 140 valence electrons. The average molecular weight is 335 g/mol. The molecule has 1 rings (SSSR count). The van der Waals surface area contributed by atoms with Gasteiger partial charge in [0.25, 0.3) is 0 Å². The molecule has 0 spiro atoms. The van der Waals surface area contributed by atoms with Gasteiger partial charge in [-0.3, -0.25) is 0 Å². The van der Waals surface area contributed by atoms with E-state index in [1.54, 1.807) is 0 Å². The number of unbranched alkanes of at least 4 members (excludes halogenated alkanes) is 1. The summed E-state index contributed by atoms with van der Waals surface area (Å²) in [6, 6.07) is 0. The van der Waals surface area contributed by atoms with Crippen LogP contribution in [0.15, 0.2) is 0 Å². The summed E-state index contributed by atoms with van der Waals surface area (Å²) >= 11 is 0. The maximum Gasteiger partial charge on any atom is 0.112 e. The van der Waals surface area contributed by atoms with Gasteiger partial charge >= 0.3 is 0 Å². The van der Waals surface area contributed by atoms with Crippen molar-refractivity contribution in [2.45, 2.75) is 124 Å². The molecule has 0 aliphatic carbocycles. The van der Waals surface area contributed by atoms with E-state index in [1.807, 2.05) is 0 Å². The van der Waals surface area contributed by atoms with Gasteiger partial charge in [-0.25, -0.2) is 4.98 Å². The van der Waals surface area contributed by atoms with E-state index in [0.717, 1.165) is 12.8 Å². The lowest BCUT2D eigenvalue weighted by atomic mass is 9.74. The number of hydrogen-bond acceptors (Lipinski definition) is 1. The van der Waals surface area contributed by atoms with Crippen molar-refractivity contribution in [1.82, 2.24) is 9.97 Å². The topological polar surface area (TPSA) is 28.7 Å². The fourth-order valence-electron chi connectivity index (χ4n) is 3.70. The van der Waals surface area contributed by atoms with Crippen LogP contribution in [0.5, 0.6) is 0 Å². The summed E-state index contributed by atoms with van der Waals surface area (Å²) in [7, 11) is 0. The smallest absolute Gasteiger partial charge is 0.112 e. The first-order valence-electron chi connectivity index (χ1n) is 10.2. The minimum atomic E-state index is 0.119. The summed E-state index contributed by atoms with van der Waals surface area (Å²) in [5, 5.41) is 0. The zero-order valence-electron chi connectivity index (χ0n) is 17.9. The molecular weight excluding hydrogens is 292 g/mol. The summed E-state index contributed by atoms with van der Waals surface area (Å²) in [5.41, 5.74) is 3.14. The van der Waals surface area contributed by atoms with Gasteiger partial charge in [0, 0.05) is 21.9 Å². The maximum atomic E-state index is 5.23. The lowest BCUT2D eigenvalue weighted by molar-refractivity contribution is 0.395. The molecule has 0 amide bonds. The van der Waals surface area contributed by atoms with Crippen LogP contribution < -0.4 is 0 Å². The summed E-state index contributed by atoms with van der Waals surface area (Å²) < 4.78 is 0. The fraction of sp³-hybridized carbons (Fsp3) is 0.864. The normalized spacial score (nSPS) is 13.5. The Bertz CT molecular complexity index is 504. The molecule has 0 fully saturated rings. The third-order valence-electron chi connectivity index (χ3n) is 6.18. The Morgan fingerprint density at radius 2 is 1.38 bits per heavy atom. The van der Waals surface area contributed by atoms with Crippen molar-refractivity contribution in [3.05, 3.63) is 17.2 Å². The molecule has 2 heteroatoms. The van der Waals surface area contributed by atoms with Crippen LogP contribution in [0, 0.1) is 0 Å². The van der Waals surface area contributed by atoms with Crippen LogP contribution in [-0.4, -0.2) is 9.97 Å². The van der Waals surface area contributed by atoms with Crippen LogP contribution in [0.3, 0.4) is 0 Å². The molecule has 0 saturated carbocycles. The van der Waals surface area contributed by atoms with Crippen LogP contribution in [-0.2, 0) is 16.2 Å². The molecule has 0 atom stereocenters. The monoisotopic (exact) mass is 334 g/mol. The number of rotatable bonds is 10. The van der Waals surface area contributed by atoms with Gasteiger partial charge in [0.2, 0.25) is 0 Å². The standard InChI is InChI=1S/C22H42N2/c1-10-14-16-21(7,8)19-23-17(20(5,6)15-11-2)18(24-19)22(9,12-3)13-4/h10-16H2,1-9H3,(H,23,24). The van der Waals surface area contributed by atoms with Crippen LogP contribution in [0.2, 0.25) is 0 Å². The van der Waals surface area contributed by atoms with Crippen molar-refractivity contribution in [3.8, 4) is 0 Å². The summed E-state index contributed by atoms with van der Waals surface area (Å²) in [6.07, 6.45) is 8.37. The van der Waals surface area contributed by atoms with Gasteiger partial charge in [0.1, 0.15) is 5.82 Å². The highest BCUT2D eigenvalue weighted by Crippen LogP contribution is 2.41. The van der Waals surface area contributed by atoms with Gasteiger partial charge in [-0.05, 0) is 25.7 Å².